The predicted molar refractivity (Wildman–Crippen MR) is 77.3 cm³/mol. The first-order valence-corrected chi connectivity index (χ1v) is 7.46. The molecule has 2 aliphatic heterocycles. The Morgan fingerprint density at radius 2 is 2.05 bits per heavy atom. The van der Waals surface area contributed by atoms with Crippen LogP contribution in [0, 0.1) is 5.92 Å². The van der Waals surface area contributed by atoms with Crippen molar-refractivity contribution in [2.24, 2.45) is 5.92 Å². The van der Waals surface area contributed by atoms with E-state index in [1.54, 1.807) is 0 Å². The molecule has 2 heterocycles. The van der Waals surface area contributed by atoms with Gasteiger partial charge in [-0.25, -0.2) is 0 Å². The summed E-state index contributed by atoms with van der Waals surface area (Å²) in [6.07, 6.45) is 2.28. The fraction of sp³-hybridized carbons (Fsp3) is 0.562. The Morgan fingerprint density at radius 1 is 1.20 bits per heavy atom. The molecule has 4 nitrogen and oxygen atoms in total. The van der Waals surface area contributed by atoms with E-state index in [2.05, 4.69) is 34.5 Å². The van der Waals surface area contributed by atoms with Gasteiger partial charge in [-0.05, 0) is 24.3 Å². The SMILES string of the molecule is O=C1CN2C[C@H](CC[C@H]2c2ccccc2)COCCN1. The molecule has 2 aliphatic rings. The second-order valence-electron chi connectivity index (χ2n) is 5.72. The minimum Gasteiger partial charge on any atom is -0.379 e. The first kappa shape index (κ1) is 13.6. The number of hydrogen-bond acceptors (Lipinski definition) is 3. The van der Waals surface area contributed by atoms with Gasteiger partial charge in [-0.3, -0.25) is 9.69 Å². The minimum atomic E-state index is 0.108. The summed E-state index contributed by atoms with van der Waals surface area (Å²) >= 11 is 0. The summed E-state index contributed by atoms with van der Waals surface area (Å²) in [6.45, 7) is 3.51. The van der Waals surface area contributed by atoms with Crippen LogP contribution >= 0.6 is 0 Å². The van der Waals surface area contributed by atoms with Crippen LogP contribution in [0.4, 0.5) is 0 Å². The lowest BCUT2D eigenvalue weighted by Crippen LogP contribution is -2.46. The van der Waals surface area contributed by atoms with Gasteiger partial charge in [-0.1, -0.05) is 30.3 Å². The molecule has 0 saturated carbocycles. The lowest BCUT2D eigenvalue weighted by atomic mass is 9.89. The van der Waals surface area contributed by atoms with E-state index in [1.807, 2.05) is 6.07 Å². The fourth-order valence-corrected chi connectivity index (χ4v) is 3.24. The maximum Gasteiger partial charge on any atom is 0.234 e. The summed E-state index contributed by atoms with van der Waals surface area (Å²) < 4.78 is 5.64. The molecule has 0 aliphatic carbocycles. The van der Waals surface area contributed by atoms with Crippen molar-refractivity contribution in [2.45, 2.75) is 18.9 Å². The normalized spacial score (nSPS) is 31.4. The Bertz CT molecular complexity index is 449. The van der Waals surface area contributed by atoms with Gasteiger partial charge in [0.2, 0.25) is 5.91 Å². The Kier molecular flexibility index (Phi) is 4.33. The number of hydrogen-bond donors (Lipinski definition) is 1. The Hall–Kier alpha value is -1.39. The molecule has 0 radical (unpaired) electrons. The third-order valence-corrected chi connectivity index (χ3v) is 4.23. The lowest BCUT2D eigenvalue weighted by Gasteiger charge is -2.40. The molecule has 1 unspecified atom stereocenters. The van der Waals surface area contributed by atoms with Crippen molar-refractivity contribution in [3.8, 4) is 0 Å². The molecule has 1 aromatic rings. The number of nitrogens with one attached hydrogen (secondary N) is 1. The average Bonchev–Trinajstić information content (AvgIpc) is 2.48. The van der Waals surface area contributed by atoms with Gasteiger partial charge in [0.1, 0.15) is 0 Å². The predicted octanol–water partition coefficient (Wildman–Crippen LogP) is 1.59. The molecule has 1 N–H and O–H groups in total. The minimum absolute atomic E-state index is 0.108. The van der Waals surface area contributed by atoms with Crippen LogP contribution < -0.4 is 5.32 Å². The van der Waals surface area contributed by atoms with E-state index >= 15 is 0 Å². The van der Waals surface area contributed by atoms with Crippen LogP contribution in [0.25, 0.3) is 0 Å². The van der Waals surface area contributed by atoms with E-state index in [0.717, 1.165) is 19.6 Å². The number of nitrogens with zero attached hydrogens (tertiary/aromatic N) is 1. The molecule has 108 valence electrons. The van der Waals surface area contributed by atoms with Crippen molar-refractivity contribution >= 4 is 5.91 Å². The quantitative estimate of drug-likeness (QED) is 0.845. The van der Waals surface area contributed by atoms with Gasteiger partial charge in [-0.15, -0.1) is 0 Å². The molecule has 3 rings (SSSR count). The summed E-state index contributed by atoms with van der Waals surface area (Å²) in [5, 5.41) is 2.92. The van der Waals surface area contributed by atoms with Crippen molar-refractivity contribution in [1.82, 2.24) is 10.2 Å². The molecule has 2 saturated heterocycles. The number of piperidine rings is 1. The lowest BCUT2D eigenvalue weighted by molar-refractivity contribution is -0.124. The molecule has 0 spiro atoms. The molecule has 3 atom stereocenters. The zero-order chi connectivity index (χ0) is 13.8. The number of amides is 1. The van der Waals surface area contributed by atoms with Gasteiger partial charge in [0.05, 0.1) is 19.8 Å². The van der Waals surface area contributed by atoms with Gasteiger partial charge in [0, 0.05) is 19.1 Å². The van der Waals surface area contributed by atoms with E-state index in [1.165, 1.54) is 12.0 Å². The van der Waals surface area contributed by atoms with Crippen molar-refractivity contribution in [3.63, 3.8) is 0 Å². The summed E-state index contributed by atoms with van der Waals surface area (Å²) in [4.78, 5) is 14.3. The van der Waals surface area contributed by atoms with E-state index in [0.29, 0.717) is 31.7 Å². The highest BCUT2D eigenvalue weighted by atomic mass is 16.5. The van der Waals surface area contributed by atoms with Crippen LogP contribution in [-0.4, -0.2) is 43.7 Å². The van der Waals surface area contributed by atoms with Crippen LogP contribution in [0.15, 0.2) is 30.3 Å². The van der Waals surface area contributed by atoms with E-state index < -0.39 is 0 Å². The maximum atomic E-state index is 12.0. The van der Waals surface area contributed by atoms with Crippen molar-refractivity contribution in [3.05, 3.63) is 35.9 Å². The van der Waals surface area contributed by atoms with Gasteiger partial charge < -0.3 is 10.1 Å². The molecule has 2 bridgehead atoms. The number of ether oxygens (including phenoxy) is 1. The number of rotatable bonds is 1. The van der Waals surface area contributed by atoms with Gasteiger partial charge in [0.15, 0.2) is 0 Å². The third-order valence-electron chi connectivity index (χ3n) is 4.23. The van der Waals surface area contributed by atoms with Crippen molar-refractivity contribution < 1.29 is 9.53 Å². The Balaban J connectivity index is 1.77. The van der Waals surface area contributed by atoms with Gasteiger partial charge in [0.25, 0.3) is 0 Å². The molecule has 0 aromatic heterocycles. The van der Waals surface area contributed by atoms with E-state index in [9.17, 15) is 4.79 Å². The Labute approximate surface area is 120 Å². The summed E-state index contributed by atoms with van der Waals surface area (Å²) in [6, 6.07) is 10.9. The van der Waals surface area contributed by atoms with Crippen LogP contribution in [-0.2, 0) is 9.53 Å². The highest BCUT2D eigenvalue weighted by Gasteiger charge is 2.30. The monoisotopic (exact) mass is 274 g/mol. The topological polar surface area (TPSA) is 41.6 Å². The van der Waals surface area contributed by atoms with Gasteiger partial charge >= 0.3 is 0 Å². The number of carbonyl (C=O) groups excluding carboxylic acids is 1. The molecule has 4 heteroatoms. The van der Waals surface area contributed by atoms with Crippen molar-refractivity contribution in [2.75, 3.05) is 32.8 Å². The largest absolute Gasteiger partial charge is 0.379 e. The maximum absolute atomic E-state index is 12.0. The van der Waals surface area contributed by atoms with E-state index in [4.69, 9.17) is 4.74 Å². The smallest absolute Gasteiger partial charge is 0.234 e. The molecular weight excluding hydrogens is 252 g/mol. The summed E-state index contributed by atoms with van der Waals surface area (Å²) in [5.74, 6) is 0.665. The third kappa shape index (κ3) is 3.19. The highest BCUT2D eigenvalue weighted by molar-refractivity contribution is 5.78. The number of fused-ring (bicyclic) bond motifs is 2. The van der Waals surface area contributed by atoms with E-state index in [-0.39, 0.29) is 5.91 Å². The molecule has 1 aromatic carbocycles. The molecule has 20 heavy (non-hydrogen) atoms. The summed E-state index contributed by atoms with van der Waals surface area (Å²) in [5.41, 5.74) is 1.32. The second-order valence-corrected chi connectivity index (χ2v) is 5.72. The fourth-order valence-electron chi connectivity index (χ4n) is 3.24. The molecular formula is C16H22N2O2. The second kappa shape index (κ2) is 6.37. The first-order valence-electron chi connectivity index (χ1n) is 7.46. The van der Waals surface area contributed by atoms with Crippen LogP contribution in [0.1, 0.15) is 24.4 Å². The van der Waals surface area contributed by atoms with Gasteiger partial charge in [-0.2, -0.15) is 0 Å². The van der Waals surface area contributed by atoms with Crippen molar-refractivity contribution in [1.29, 1.82) is 0 Å². The Morgan fingerprint density at radius 3 is 2.90 bits per heavy atom. The number of carbonyl (C=O) groups is 1. The summed E-state index contributed by atoms with van der Waals surface area (Å²) in [7, 11) is 0. The van der Waals surface area contributed by atoms with Crippen LogP contribution in [0.2, 0.25) is 0 Å². The molecule has 1 amide bonds. The zero-order valence-electron chi connectivity index (χ0n) is 11.8. The first-order chi connectivity index (χ1) is 9.83. The molecule has 2 fully saturated rings. The number of benzene rings is 1. The van der Waals surface area contributed by atoms with Crippen LogP contribution in [0.5, 0.6) is 0 Å². The highest BCUT2D eigenvalue weighted by Crippen LogP contribution is 2.33. The van der Waals surface area contributed by atoms with Crippen LogP contribution in [0.3, 0.4) is 0 Å². The average molecular weight is 274 g/mol. The standard InChI is InChI=1S/C16H22N2O2/c19-16-11-18-10-13(12-20-9-8-17-16)6-7-15(18)14-4-2-1-3-5-14/h1-5,13,15H,6-12H2,(H,17,19)/t13-,15-/m0/s1. The zero-order valence-corrected chi connectivity index (χ0v) is 11.8.